The van der Waals surface area contributed by atoms with Crippen LogP contribution >= 0.6 is 0 Å². The standard InChI is InChI=1S/C46H32O16/c1-41-10-17-33(51)16-8-11-7-15(39(55)56)32(50)25-21-13(3-2-4-18(21)47)28-14-6-5-12-22-23(14)36(43(16,60)44(28,61)27(11)25)45(17)46(62-45)31(22)30-26(24(12)40(57)58)34(52)35(53)38(54)42(30,59)29(37(41)46)19(48)9-20(41)49/h2-6,8-10,18,20-22,31,34-35,47-53,59-61H,7H2,1H3,(H,55,56)(H,57,58). The minimum Gasteiger partial charge on any atom is -0.508 e. The molecule has 0 radical (unpaired) electrons. The van der Waals surface area contributed by atoms with Crippen molar-refractivity contribution in [2.75, 3.05) is 0 Å². The van der Waals surface area contributed by atoms with Crippen molar-refractivity contribution in [1.82, 2.24) is 0 Å². The molecule has 0 amide bonds. The number of aliphatic carboxylic acids is 2. The Morgan fingerprint density at radius 1 is 0.839 bits per heavy atom. The summed E-state index contributed by atoms with van der Waals surface area (Å²) >= 11 is 0. The van der Waals surface area contributed by atoms with Gasteiger partial charge in [-0.1, -0.05) is 36.5 Å². The van der Waals surface area contributed by atoms with Gasteiger partial charge < -0.3 is 66.0 Å². The Morgan fingerprint density at radius 3 is 2.29 bits per heavy atom. The van der Waals surface area contributed by atoms with Gasteiger partial charge in [0, 0.05) is 74.2 Å². The molecule has 0 aromatic heterocycles. The summed E-state index contributed by atoms with van der Waals surface area (Å²) < 4.78 is 7.14. The van der Waals surface area contributed by atoms with E-state index in [1.165, 1.54) is 49.5 Å². The number of carbonyl (C=O) groups is 3. The highest BCUT2D eigenvalue weighted by molar-refractivity contribution is 6.07. The van der Waals surface area contributed by atoms with E-state index in [0.29, 0.717) is 0 Å². The summed E-state index contributed by atoms with van der Waals surface area (Å²) in [6, 6.07) is 0. The van der Waals surface area contributed by atoms with Crippen molar-refractivity contribution in [3.8, 4) is 0 Å². The van der Waals surface area contributed by atoms with Crippen LogP contribution in [-0.2, 0) is 19.1 Å². The van der Waals surface area contributed by atoms with E-state index in [1.807, 2.05) is 0 Å². The third kappa shape index (κ3) is 2.87. The molecular formula is C46H32O16. The van der Waals surface area contributed by atoms with E-state index >= 15 is 0 Å². The maximum absolute atomic E-state index is 14.6. The number of fused-ring (bicyclic) bond motifs is 4. The number of aliphatic hydroxyl groups is 10. The van der Waals surface area contributed by atoms with E-state index in [0.717, 1.165) is 6.08 Å². The second-order valence-electron chi connectivity index (χ2n) is 18.8. The van der Waals surface area contributed by atoms with Crippen LogP contribution in [-0.4, -0.2) is 131 Å². The molecule has 13 atom stereocenters. The summed E-state index contributed by atoms with van der Waals surface area (Å²) in [6.45, 7) is 1.51. The highest BCUT2D eigenvalue weighted by Gasteiger charge is 2.94. The lowest BCUT2D eigenvalue weighted by Gasteiger charge is -2.67. The molecule has 16 nitrogen and oxygen atoms in total. The zero-order valence-electron chi connectivity index (χ0n) is 31.9. The van der Waals surface area contributed by atoms with E-state index in [4.69, 9.17) is 4.74 Å². The molecule has 1 heterocycles. The number of carboxylic acids is 2. The molecule has 0 aromatic carbocycles. The third-order valence-electron chi connectivity index (χ3n) is 16.8. The van der Waals surface area contributed by atoms with Crippen LogP contribution in [0.15, 0.2) is 161 Å². The van der Waals surface area contributed by atoms with Gasteiger partial charge >= 0.3 is 11.9 Å². The zero-order valence-corrected chi connectivity index (χ0v) is 31.9. The van der Waals surface area contributed by atoms with Crippen LogP contribution in [0.1, 0.15) is 13.3 Å². The SMILES string of the molecule is CC12C=C3C(O)=C4C=C5CC(C(=O)O)=C(O)C6=C5C5(O)C(=C7C=CC8=C(C(=O)O)C9=C%10C%11C8C7=C(C45O)C34OC%114C1=C(C(O)=CC2O)C%10(O)C(=O)C(O)C9O)C1=CC=CC(O)C16. The van der Waals surface area contributed by atoms with Gasteiger partial charge in [-0.25, -0.2) is 9.59 Å². The molecule has 0 aromatic rings. The molecule has 12 N–H and O–H groups in total. The first-order valence-corrected chi connectivity index (χ1v) is 20.1. The molecule has 14 aliphatic rings. The minimum atomic E-state index is -3.03. The van der Waals surface area contributed by atoms with E-state index in [2.05, 4.69) is 0 Å². The molecular weight excluding hydrogens is 808 g/mol. The second-order valence-corrected chi connectivity index (χ2v) is 18.8. The van der Waals surface area contributed by atoms with Gasteiger partial charge in [-0.05, 0) is 58.1 Å². The maximum atomic E-state index is 14.6. The van der Waals surface area contributed by atoms with Gasteiger partial charge in [-0.2, -0.15) is 0 Å². The highest BCUT2D eigenvalue weighted by atomic mass is 16.6. The van der Waals surface area contributed by atoms with Gasteiger partial charge in [0.05, 0.1) is 23.4 Å². The van der Waals surface area contributed by atoms with Crippen LogP contribution in [0.25, 0.3) is 0 Å². The third-order valence-corrected chi connectivity index (χ3v) is 16.8. The number of carboxylic acid groups (broad SMARTS) is 2. The number of ketones is 1. The molecule has 14 rings (SSSR count). The van der Waals surface area contributed by atoms with Crippen molar-refractivity contribution < 1.29 is 80.4 Å². The number of rotatable bonds is 2. The number of aliphatic hydroxyl groups excluding tert-OH is 7. The van der Waals surface area contributed by atoms with E-state index in [-0.39, 0.29) is 66.9 Å². The second kappa shape index (κ2) is 9.51. The topological polar surface area (TPSA) is 306 Å². The molecule has 1 fully saturated rings. The van der Waals surface area contributed by atoms with Gasteiger partial charge in [-0.3, -0.25) is 4.79 Å². The first kappa shape index (κ1) is 35.6. The summed E-state index contributed by atoms with van der Waals surface area (Å²) in [6.07, 6.45) is 2.94. The number of allylic oxidation sites excluding steroid dienone is 8. The van der Waals surface area contributed by atoms with Crippen molar-refractivity contribution in [2.45, 2.75) is 65.8 Å². The number of carbonyl (C=O) groups excluding carboxylic acids is 1. The Hall–Kier alpha value is -5.95. The first-order chi connectivity index (χ1) is 29.2. The predicted molar refractivity (Wildman–Crippen MR) is 204 cm³/mol. The van der Waals surface area contributed by atoms with Crippen molar-refractivity contribution >= 4 is 17.7 Å². The largest absolute Gasteiger partial charge is 0.508 e. The summed E-state index contributed by atoms with van der Waals surface area (Å²) in [5.41, 5.74) is -17.2. The summed E-state index contributed by atoms with van der Waals surface area (Å²) in [4.78, 5) is 41.0. The summed E-state index contributed by atoms with van der Waals surface area (Å²) in [7, 11) is 0. The number of hydrogen-bond donors (Lipinski definition) is 12. The minimum absolute atomic E-state index is 0.00284. The van der Waals surface area contributed by atoms with Crippen LogP contribution in [0.5, 0.6) is 0 Å². The van der Waals surface area contributed by atoms with Crippen LogP contribution < -0.4 is 0 Å². The van der Waals surface area contributed by atoms with Crippen molar-refractivity contribution in [1.29, 1.82) is 0 Å². The fourth-order valence-corrected chi connectivity index (χ4v) is 14.9. The van der Waals surface area contributed by atoms with Crippen LogP contribution in [0.4, 0.5) is 0 Å². The molecule has 0 bridgehead atoms. The number of hydrogen-bond acceptors (Lipinski definition) is 14. The van der Waals surface area contributed by atoms with Crippen LogP contribution in [0.3, 0.4) is 0 Å². The quantitative estimate of drug-likeness (QED) is 0.163. The monoisotopic (exact) mass is 840 g/mol. The predicted octanol–water partition coefficient (Wildman–Crippen LogP) is 0.0285. The Bertz CT molecular complexity index is 3130. The number of epoxide rings is 1. The molecule has 0 saturated carbocycles. The lowest BCUT2D eigenvalue weighted by atomic mass is 9.35. The summed E-state index contributed by atoms with van der Waals surface area (Å²) in [5.74, 6) is -10.7. The molecule has 2 spiro atoms. The Kier molecular flexibility index (Phi) is 5.46. The lowest BCUT2D eigenvalue weighted by molar-refractivity contribution is -0.149. The zero-order chi connectivity index (χ0) is 43.4. The van der Waals surface area contributed by atoms with Crippen molar-refractivity contribution in [3.05, 3.63) is 161 Å². The molecule has 1 aliphatic heterocycles. The molecule has 1 saturated heterocycles. The molecule has 312 valence electrons. The molecule has 13 aliphatic carbocycles. The van der Waals surface area contributed by atoms with Crippen molar-refractivity contribution in [3.63, 3.8) is 0 Å². The molecule has 16 heteroatoms. The summed E-state index contributed by atoms with van der Waals surface area (Å²) in [5, 5.41) is 146. The Balaban J connectivity index is 1.26. The normalized spacial score (nSPS) is 47.0. The van der Waals surface area contributed by atoms with E-state index < -0.39 is 145 Å². The van der Waals surface area contributed by atoms with E-state index in [9.17, 15) is 75.7 Å². The van der Waals surface area contributed by atoms with Gasteiger partial charge in [0.25, 0.3) is 0 Å². The lowest BCUT2D eigenvalue weighted by Crippen LogP contribution is -2.74. The van der Waals surface area contributed by atoms with Gasteiger partial charge in [0.15, 0.2) is 22.4 Å². The highest BCUT2D eigenvalue weighted by Crippen LogP contribution is 2.87. The van der Waals surface area contributed by atoms with Gasteiger partial charge in [0.2, 0.25) is 5.78 Å². The molecule has 62 heavy (non-hydrogen) atoms. The van der Waals surface area contributed by atoms with Gasteiger partial charge in [-0.15, -0.1) is 0 Å². The van der Waals surface area contributed by atoms with Crippen LogP contribution in [0.2, 0.25) is 0 Å². The van der Waals surface area contributed by atoms with E-state index in [1.54, 1.807) is 0 Å². The molecule has 13 unspecified atom stereocenters. The van der Waals surface area contributed by atoms with Crippen LogP contribution in [0, 0.1) is 23.2 Å². The smallest absolute Gasteiger partial charge is 0.336 e. The maximum Gasteiger partial charge on any atom is 0.336 e. The number of ether oxygens (including phenoxy) is 1. The van der Waals surface area contributed by atoms with Gasteiger partial charge in [0.1, 0.15) is 35.1 Å². The Morgan fingerprint density at radius 2 is 1.58 bits per heavy atom. The first-order valence-electron chi connectivity index (χ1n) is 20.1. The average molecular weight is 841 g/mol. The average Bonchev–Trinajstić information content (AvgIpc) is 3.92. The number of Topliss-reactive ketones (excluding diaryl/α,β-unsaturated/α-hetero) is 1. The van der Waals surface area contributed by atoms with Crippen molar-refractivity contribution in [2.24, 2.45) is 23.2 Å². The fourth-order valence-electron chi connectivity index (χ4n) is 14.9. The Labute approximate surface area is 347 Å². The fraction of sp³-hybridized carbons (Fsp3) is 0.326.